The number of aromatic nitrogens is 3. The van der Waals surface area contributed by atoms with Gasteiger partial charge in [0, 0.05) is 47.9 Å². The third-order valence-corrected chi connectivity index (χ3v) is 5.49. The van der Waals surface area contributed by atoms with Crippen LogP contribution in [0.2, 0.25) is 0 Å². The van der Waals surface area contributed by atoms with E-state index in [2.05, 4.69) is 31.3 Å². The van der Waals surface area contributed by atoms with E-state index in [0.29, 0.717) is 34.6 Å². The number of allylic oxidation sites excluding steroid dienone is 1. The Kier molecular flexibility index (Phi) is 5.77. The van der Waals surface area contributed by atoms with Crippen LogP contribution in [-0.2, 0) is 6.42 Å². The maximum absolute atomic E-state index is 14.2. The van der Waals surface area contributed by atoms with Crippen LogP contribution in [0.15, 0.2) is 46.7 Å². The van der Waals surface area contributed by atoms with Crippen molar-refractivity contribution in [2.75, 3.05) is 12.3 Å². The van der Waals surface area contributed by atoms with Gasteiger partial charge in [0.2, 0.25) is 0 Å². The fraction of sp³-hybridized carbons (Fsp3) is 0.227. The summed E-state index contributed by atoms with van der Waals surface area (Å²) >= 11 is 3.45. The number of ether oxygens (including phenoxy) is 1. The van der Waals surface area contributed by atoms with Gasteiger partial charge < -0.3 is 21.2 Å². The molecule has 0 spiro atoms. The van der Waals surface area contributed by atoms with Gasteiger partial charge in [-0.25, -0.2) is 14.1 Å². The Morgan fingerprint density at radius 3 is 2.94 bits per heavy atom. The van der Waals surface area contributed by atoms with Crippen LogP contribution >= 0.6 is 15.9 Å². The first-order valence-corrected chi connectivity index (χ1v) is 10.6. The van der Waals surface area contributed by atoms with Gasteiger partial charge >= 0.3 is 0 Å². The normalized spacial score (nSPS) is 18.1. The van der Waals surface area contributed by atoms with E-state index in [1.165, 1.54) is 18.3 Å². The molecular formula is C22H22BrFN6O. The van der Waals surface area contributed by atoms with E-state index in [0.717, 1.165) is 22.5 Å². The molecule has 1 aromatic carbocycles. The number of nitrogens with zero attached hydrogens (tertiary/aromatic N) is 3. The summed E-state index contributed by atoms with van der Waals surface area (Å²) in [4.78, 5) is 4.29. The number of fused-ring (bicyclic) bond motifs is 5. The largest absolute Gasteiger partial charge is 0.482 e. The van der Waals surface area contributed by atoms with Gasteiger partial charge in [-0.2, -0.15) is 5.10 Å². The van der Waals surface area contributed by atoms with Crippen LogP contribution < -0.4 is 15.8 Å². The molecule has 1 aliphatic rings. The van der Waals surface area contributed by atoms with E-state index < -0.39 is 6.10 Å². The molecule has 4 rings (SSSR count). The van der Waals surface area contributed by atoms with Crippen molar-refractivity contribution in [2.24, 2.45) is 0 Å². The van der Waals surface area contributed by atoms with E-state index in [1.54, 1.807) is 23.0 Å². The van der Waals surface area contributed by atoms with E-state index >= 15 is 0 Å². The van der Waals surface area contributed by atoms with E-state index in [-0.39, 0.29) is 11.6 Å². The summed E-state index contributed by atoms with van der Waals surface area (Å²) in [5.74, 6) is 0.256. The molecule has 0 saturated heterocycles. The predicted molar refractivity (Wildman–Crippen MR) is 122 cm³/mol. The molecule has 0 radical (unpaired) electrons. The number of rotatable bonds is 3. The molecule has 0 fully saturated rings. The smallest absolute Gasteiger partial charge is 0.166 e. The number of nitrogen functional groups attached to an aromatic ring is 1. The highest BCUT2D eigenvalue weighted by molar-refractivity contribution is 9.10. The van der Waals surface area contributed by atoms with Crippen molar-refractivity contribution in [3.05, 3.63) is 69.3 Å². The van der Waals surface area contributed by atoms with Crippen LogP contribution in [0.5, 0.6) is 5.75 Å². The first-order valence-electron chi connectivity index (χ1n) is 9.85. The van der Waals surface area contributed by atoms with Crippen LogP contribution in [0.4, 0.5) is 10.2 Å². The summed E-state index contributed by atoms with van der Waals surface area (Å²) in [7, 11) is 0. The standard InChI is InChI=1S/C22H22BrFN6O/c1-3-27-21-13(10-25)6-16-9-20(23)29-30(16)18-5-4-15(24)8-17(18)12(2)31-19-7-14(21)11-28-22(19)26/h4-5,7-12,25,27H,3,6H2,1-2H3,(H2,26,28)/b21-13-,25-10?. The summed E-state index contributed by atoms with van der Waals surface area (Å²) in [6.07, 6.45) is 2.88. The first kappa shape index (κ1) is 21.0. The Morgan fingerprint density at radius 2 is 2.19 bits per heavy atom. The average molecular weight is 485 g/mol. The zero-order valence-corrected chi connectivity index (χ0v) is 18.7. The van der Waals surface area contributed by atoms with Gasteiger partial charge in [-0.3, -0.25) is 0 Å². The Bertz CT molecular complexity index is 1190. The SMILES string of the molecule is CCN/C1=C(\C=N)Cc2cc(Br)nn2-c2ccc(F)cc2C(C)Oc2cc1cnc2N. The van der Waals surface area contributed by atoms with Crippen molar-refractivity contribution in [3.8, 4) is 11.4 Å². The quantitative estimate of drug-likeness (QED) is 0.477. The number of hydrogen-bond acceptors (Lipinski definition) is 6. The number of nitrogens with two attached hydrogens (primary N) is 1. The van der Waals surface area contributed by atoms with E-state index in [1.807, 2.05) is 19.9 Å². The summed E-state index contributed by atoms with van der Waals surface area (Å²) in [5, 5.41) is 16.0. The molecule has 160 valence electrons. The van der Waals surface area contributed by atoms with Crippen molar-refractivity contribution in [3.63, 3.8) is 0 Å². The summed E-state index contributed by atoms with van der Waals surface area (Å²) in [6.45, 7) is 4.48. The number of anilines is 1. The van der Waals surface area contributed by atoms with Crippen LogP contribution in [0, 0.1) is 11.2 Å². The van der Waals surface area contributed by atoms with Crippen LogP contribution in [0.1, 0.15) is 36.8 Å². The van der Waals surface area contributed by atoms with Crippen LogP contribution in [-0.4, -0.2) is 27.5 Å². The lowest BCUT2D eigenvalue weighted by Crippen LogP contribution is -2.18. The van der Waals surface area contributed by atoms with Crippen molar-refractivity contribution in [2.45, 2.75) is 26.4 Å². The highest BCUT2D eigenvalue weighted by Crippen LogP contribution is 2.34. The Labute approximate surface area is 187 Å². The molecule has 0 saturated carbocycles. The zero-order chi connectivity index (χ0) is 22.1. The number of halogens is 2. The second-order valence-electron chi connectivity index (χ2n) is 7.19. The summed E-state index contributed by atoms with van der Waals surface area (Å²) < 4.78 is 22.7. The highest BCUT2D eigenvalue weighted by Gasteiger charge is 2.22. The Balaban J connectivity index is 2.03. The Morgan fingerprint density at radius 1 is 1.39 bits per heavy atom. The maximum atomic E-state index is 14.2. The lowest BCUT2D eigenvalue weighted by atomic mass is 10.0. The number of benzene rings is 1. The highest BCUT2D eigenvalue weighted by atomic mass is 79.9. The van der Waals surface area contributed by atoms with Crippen molar-refractivity contribution in [1.29, 1.82) is 5.41 Å². The third-order valence-electron chi connectivity index (χ3n) is 5.10. The number of nitrogens with one attached hydrogen (secondary N) is 2. The lowest BCUT2D eigenvalue weighted by molar-refractivity contribution is 0.226. The third kappa shape index (κ3) is 4.05. The van der Waals surface area contributed by atoms with E-state index in [4.69, 9.17) is 15.9 Å². The average Bonchev–Trinajstić information content (AvgIpc) is 3.11. The van der Waals surface area contributed by atoms with Gasteiger partial charge in [-0.15, -0.1) is 0 Å². The van der Waals surface area contributed by atoms with Gasteiger partial charge in [0.1, 0.15) is 16.5 Å². The van der Waals surface area contributed by atoms with Gasteiger partial charge in [-0.1, -0.05) is 0 Å². The molecule has 3 heterocycles. The first-order chi connectivity index (χ1) is 14.9. The second kappa shape index (κ2) is 8.50. The van der Waals surface area contributed by atoms with E-state index in [9.17, 15) is 4.39 Å². The molecule has 3 aromatic rings. The van der Waals surface area contributed by atoms with Gasteiger partial charge in [-0.05, 0) is 65.7 Å². The molecule has 4 N–H and O–H groups in total. The molecule has 7 nitrogen and oxygen atoms in total. The van der Waals surface area contributed by atoms with Gasteiger partial charge in [0.25, 0.3) is 0 Å². The van der Waals surface area contributed by atoms with Gasteiger partial charge in [0.15, 0.2) is 11.6 Å². The zero-order valence-electron chi connectivity index (χ0n) is 17.1. The van der Waals surface area contributed by atoms with Crippen molar-refractivity contribution < 1.29 is 9.13 Å². The molecule has 1 aliphatic heterocycles. The van der Waals surface area contributed by atoms with Crippen LogP contribution in [0.25, 0.3) is 11.4 Å². The fourth-order valence-corrected chi connectivity index (χ4v) is 4.11. The maximum Gasteiger partial charge on any atom is 0.166 e. The molecule has 2 aromatic heterocycles. The van der Waals surface area contributed by atoms with Crippen LogP contribution in [0.3, 0.4) is 0 Å². The Hall–Kier alpha value is -3.20. The monoisotopic (exact) mass is 484 g/mol. The molecule has 31 heavy (non-hydrogen) atoms. The molecule has 2 bridgehead atoms. The van der Waals surface area contributed by atoms with Crippen molar-refractivity contribution in [1.82, 2.24) is 20.1 Å². The van der Waals surface area contributed by atoms with Gasteiger partial charge in [0.05, 0.1) is 5.69 Å². The molecular weight excluding hydrogens is 463 g/mol. The second-order valence-corrected chi connectivity index (χ2v) is 8.00. The predicted octanol–water partition coefficient (Wildman–Crippen LogP) is 4.42. The number of hydrogen-bond donors (Lipinski definition) is 3. The minimum Gasteiger partial charge on any atom is -0.482 e. The fourth-order valence-electron chi connectivity index (χ4n) is 3.69. The summed E-state index contributed by atoms with van der Waals surface area (Å²) in [6, 6.07) is 8.20. The summed E-state index contributed by atoms with van der Waals surface area (Å²) in [5.41, 5.74) is 10.5. The molecule has 9 heteroatoms. The minimum atomic E-state index is -0.519. The molecule has 0 amide bonds. The lowest BCUT2D eigenvalue weighted by Gasteiger charge is -2.23. The molecule has 1 unspecified atom stereocenters. The minimum absolute atomic E-state index is 0.236. The molecule has 1 atom stereocenters. The topological polar surface area (TPSA) is 102 Å². The molecule has 0 aliphatic carbocycles. The van der Waals surface area contributed by atoms with Crippen molar-refractivity contribution >= 4 is 33.7 Å². The number of pyridine rings is 1.